The molecule has 8 heteroatoms. The number of carboxylic acids is 1. The molecule has 2 heterocycles. The first-order valence-corrected chi connectivity index (χ1v) is 10.2. The highest BCUT2D eigenvalue weighted by atomic mass is 19.1. The lowest BCUT2D eigenvalue weighted by Gasteiger charge is -2.32. The van der Waals surface area contributed by atoms with Crippen molar-refractivity contribution in [3.8, 4) is 5.75 Å². The molecule has 0 spiro atoms. The van der Waals surface area contributed by atoms with Gasteiger partial charge in [0.25, 0.3) is 0 Å². The molecule has 0 atom stereocenters. The second kappa shape index (κ2) is 10.9. The van der Waals surface area contributed by atoms with Gasteiger partial charge < -0.3 is 19.5 Å². The Hall–Kier alpha value is -2.74. The number of aromatic nitrogens is 2. The summed E-state index contributed by atoms with van der Waals surface area (Å²) in [6.45, 7) is 2.91. The highest BCUT2D eigenvalue weighted by Crippen LogP contribution is 2.24. The number of methoxy groups -OCH3 is 1. The number of ether oxygens (including phenoxy) is 2. The van der Waals surface area contributed by atoms with Crippen molar-refractivity contribution in [2.24, 2.45) is 5.92 Å². The summed E-state index contributed by atoms with van der Waals surface area (Å²) in [6.07, 6.45) is 7.42. The van der Waals surface area contributed by atoms with Gasteiger partial charge in [-0.2, -0.15) is 0 Å². The van der Waals surface area contributed by atoms with Crippen LogP contribution in [-0.2, 0) is 22.6 Å². The smallest absolute Gasteiger partial charge is 0.307 e. The van der Waals surface area contributed by atoms with Gasteiger partial charge in [-0.25, -0.2) is 14.4 Å². The molecule has 1 N–H and O–H groups in total. The monoisotopic (exact) mass is 417 g/mol. The van der Waals surface area contributed by atoms with Crippen LogP contribution in [0.3, 0.4) is 0 Å². The second-order valence-electron chi connectivity index (χ2n) is 7.57. The van der Waals surface area contributed by atoms with E-state index in [1.807, 2.05) is 12.4 Å². The summed E-state index contributed by atoms with van der Waals surface area (Å²) in [5.41, 5.74) is 1.13. The van der Waals surface area contributed by atoms with E-state index >= 15 is 0 Å². The Kier molecular flexibility index (Phi) is 7.96. The van der Waals surface area contributed by atoms with Gasteiger partial charge in [0, 0.05) is 44.2 Å². The van der Waals surface area contributed by atoms with Gasteiger partial charge in [0.05, 0.1) is 19.6 Å². The van der Waals surface area contributed by atoms with Gasteiger partial charge in [-0.3, -0.25) is 4.79 Å². The van der Waals surface area contributed by atoms with E-state index in [1.165, 1.54) is 12.1 Å². The predicted molar refractivity (Wildman–Crippen MR) is 110 cm³/mol. The summed E-state index contributed by atoms with van der Waals surface area (Å²) in [5, 5.41) is 8.76. The molecule has 30 heavy (non-hydrogen) atoms. The number of hydrogen-bond donors (Lipinski definition) is 1. The van der Waals surface area contributed by atoms with Crippen LogP contribution in [0.4, 0.5) is 10.3 Å². The van der Waals surface area contributed by atoms with E-state index < -0.39 is 11.8 Å². The quantitative estimate of drug-likeness (QED) is 0.593. The van der Waals surface area contributed by atoms with E-state index in [-0.39, 0.29) is 12.0 Å². The van der Waals surface area contributed by atoms with E-state index in [9.17, 15) is 9.18 Å². The van der Waals surface area contributed by atoms with Crippen molar-refractivity contribution in [3.63, 3.8) is 0 Å². The first-order valence-electron chi connectivity index (χ1n) is 10.2. The van der Waals surface area contributed by atoms with E-state index in [2.05, 4.69) is 14.9 Å². The molecular weight excluding hydrogens is 389 g/mol. The fourth-order valence-electron chi connectivity index (χ4n) is 3.66. The normalized spacial score (nSPS) is 14.7. The third-order valence-electron chi connectivity index (χ3n) is 5.29. The number of halogens is 1. The van der Waals surface area contributed by atoms with Crippen LogP contribution in [-0.4, -0.2) is 47.8 Å². The molecule has 0 amide bonds. The number of aliphatic carboxylic acids is 1. The van der Waals surface area contributed by atoms with Gasteiger partial charge >= 0.3 is 5.97 Å². The lowest BCUT2D eigenvalue weighted by molar-refractivity contribution is -0.136. The van der Waals surface area contributed by atoms with Crippen LogP contribution >= 0.6 is 0 Å². The van der Waals surface area contributed by atoms with Crippen molar-refractivity contribution in [2.45, 2.75) is 38.7 Å². The zero-order chi connectivity index (χ0) is 21.3. The number of carboxylic acid groups (broad SMARTS) is 1. The molecule has 1 aromatic carbocycles. The highest BCUT2D eigenvalue weighted by molar-refractivity contribution is 5.70. The minimum Gasteiger partial charge on any atom is -0.493 e. The van der Waals surface area contributed by atoms with Crippen molar-refractivity contribution in [3.05, 3.63) is 47.5 Å². The van der Waals surface area contributed by atoms with Crippen LogP contribution in [0, 0.1) is 11.7 Å². The van der Waals surface area contributed by atoms with Gasteiger partial charge in [0.2, 0.25) is 5.95 Å². The first-order chi connectivity index (χ1) is 14.5. The van der Waals surface area contributed by atoms with E-state index in [1.54, 1.807) is 13.2 Å². The largest absolute Gasteiger partial charge is 0.493 e. The number of piperidine rings is 1. The average Bonchev–Trinajstić information content (AvgIpc) is 2.74. The number of anilines is 1. The standard InChI is InChI=1S/C22H28FN3O4/c1-29-15-17-13-24-22(25-14-17)26-8-6-16(7-9-26)3-2-10-30-19-5-4-18(11-21(27)28)20(23)12-19/h4-5,12-14,16H,2-3,6-11,15H2,1H3,(H,27,28). The molecule has 1 fully saturated rings. The zero-order valence-corrected chi connectivity index (χ0v) is 17.2. The summed E-state index contributed by atoms with van der Waals surface area (Å²) < 4.78 is 24.6. The predicted octanol–water partition coefficient (Wildman–Crippen LogP) is 3.46. The van der Waals surface area contributed by atoms with Gasteiger partial charge in [-0.1, -0.05) is 6.07 Å². The first kappa shape index (κ1) is 22.0. The molecule has 0 aliphatic carbocycles. The number of rotatable bonds is 10. The fourth-order valence-corrected chi connectivity index (χ4v) is 3.66. The Morgan fingerprint density at radius 3 is 2.63 bits per heavy atom. The maximum atomic E-state index is 13.9. The molecule has 7 nitrogen and oxygen atoms in total. The molecule has 1 saturated heterocycles. The van der Waals surface area contributed by atoms with Crippen LogP contribution in [0.5, 0.6) is 5.75 Å². The third kappa shape index (κ3) is 6.38. The van der Waals surface area contributed by atoms with Crippen molar-refractivity contribution in [1.82, 2.24) is 9.97 Å². The molecule has 0 unspecified atom stereocenters. The topological polar surface area (TPSA) is 84.8 Å². The maximum Gasteiger partial charge on any atom is 0.307 e. The van der Waals surface area contributed by atoms with Crippen LogP contribution in [0.15, 0.2) is 30.6 Å². The number of nitrogens with zero attached hydrogens (tertiary/aromatic N) is 3. The van der Waals surface area contributed by atoms with Crippen molar-refractivity contribution < 1.29 is 23.8 Å². The van der Waals surface area contributed by atoms with Crippen LogP contribution < -0.4 is 9.64 Å². The third-order valence-corrected chi connectivity index (χ3v) is 5.29. The minimum absolute atomic E-state index is 0.166. The number of carbonyl (C=O) groups is 1. The Morgan fingerprint density at radius 1 is 1.27 bits per heavy atom. The Balaban J connectivity index is 1.36. The van der Waals surface area contributed by atoms with Gasteiger partial charge in [0.15, 0.2) is 0 Å². The molecule has 1 aliphatic rings. The summed E-state index contributed by atoms with van der Waals surface area (Å²) in [5.74, 6) is 0.242. The fraction of sp³-hybridized carbons (Fsp3) is 0.500. The summed E-state index contributed by atoms with van der Waals surface area (Å²) >= 11 is 0. The van der Waals surface area contributed by atoms with Crippen LogP contribution in [0.2, 0.25) is 0 Å². The minimum atomic E-state index is -1.05. The van der Waals surface area contributed by atoms with E-state index in [4.69, 9.17) is 14.6 Å². The van der Waals surface area contributed by atoms with Gasteiger partial charge in [-0.15, -0.1) is 0 Å². The molecule has 3 rings (SSSR count). The molecule has 2 aromatic rings. The highest BCUT2D eigenvalue weighted by Gasteiger charge is 2.20. The van der Waals surface area contributed by atoms with Crippen molar-refractivity contribution >= 4 is 11.9 Å². The molecule has 0 saturated carbocycles. The lowest BCUT2D eigenvalue weighted by atomic mass is 9.92. The molecule has 1 aromatic heterocycles. The number of benzene rings is 1. The Bertz CT molecular complexity index is 824. The zero-order valence-electron chi connectivity index (χ0n) is 17.2. The average molecular weight is 417 g/mol. The summed E-state index contributed by atoms with van der Waals surface area (Å²) in [6, 6.07) is 4.35. The lowest BCUT2D eigenvalue weighted by Crippen LogP contribution is -2.35. The number of hydrogen-bond acceptors (Lipinski definition) is 6. The van der Waals surface area contributed by atoms with Crippen molar-refractivity contribution in [2.75, 3.05) is 31.7 Å². The molecule has 0 bridgehead atoms. The maximum absolute atomic E-state index is 13.9. The Labute approximate surface area is 175 Å². The van der Waals surface area contributed by atoms with Gasteiger partial charge in [0.1, 0.15) is 11.6 Å². The van der Waals surface area contributed by atoms with Crippen molar-refractivity contribution in [1.29, 1.82) is 0 Å². The summed E-state index contributed by atoms with van der Waals surface area (Å²) in [4.78, 5) is 21.8. The Morgan fingerprint density at radius 2 is 2.00 bits per heavy atom. The van der Waals surface area contributed by atoms with Crippen LogP contribution in [0.1, 0.15) is 36.8 Å². The molecule has 1 aliphatic heterocycles. The molecular formula is C22H28FN3O4. The second-order valence-corrected chi connectivity index (χ2v) is 7.57. The molecule has 162 valence electrons. The SMILES string of the molecule is COCc1cnc(N2CCC(CCCOc3ccc(CC(=O)O)c(F)c3)CC2)nc1. The molecule has 0 radical (unpaired) electrons. The van der Waals surface area contributed by atoms with Gasteiger partial charge in [-0.05, 0) is 43.2 Å². The summed E-state index contributed by atoms with van der Waals surface area (Å²) in [7, 11) is 1.65. The van der Waals surface area contributed by atoms with Crippen LogP contribution in [0.25, 0.3) is 0 Å². The van der Waals surface area contributed by atoms with E-state index in [0.717, 1.165) is 50.3 Å². The van der Waals surface area contributed by atoms with E-state index in [0.29, 0.717) is 24.9 Å².